The number of esters is 1. The number of hydrogen-bond donors (Lipinski definition) is 0. The third kappa shape index (κ3) is 9.55. The summed E-state index contributed by atoms with van der Waals surface area (Å²) in [5, 5.41) is 0. The minimum atomic E-state index is -1.14. The molecule has 0 saturated carbocycles. The molecule has 1 unspecified atom stereocenters. The molecule has 0 aromatic heterocycles. The van der Waals surface area contributed by atoms with Crippen molar-refractivity contribution in [2.24, 2.45) is 0 Å². The molecule has 0 aromatic carbocycles. The fraction of sp³-hybridized carbons (Fsp3) is 0.682. The topological polar surface area (TPSA) is 69.7 Å². The van der Waals surface area contributed by atoms with Crippen LogP contribution in [0.25, 0.3) is 0 Å². The Morgan fingerprint density at radius 2 is 1.56 bits per heavy atom. The second-order valence-electron chi connectivity index (χ2n) is 7.33. The lowest BCUT2D eigenvalue weighted by atomic mass is 9.87. The van der Waals surface area contributed by atoms with E-state index in [-0.39, 0.29) is 5.78 Å². The number of Topliss-reactive ketones (excluding diaryl/α,β-unsaturated/α-hetero) is 1. The first-order valence-electron chi connectivity index (χ1n) is 10.2. The first-order valence-corrected chi connectivity index (χ1v) is 10.2. The Kier molecular flexibility index (Phi) is 11.4. The average Bonchev–Trinajstić information content (AvgIpc) is 2.62. The van der Waals surface area contributed by atoms with Crippen LogP contribution in [0.5, 0.6) is 0 Å². The minimum absolute atomic E-state index is 0.0984. The second kappa shape index (κ2) is 13.3. The van der Waals surface area contributed by atoms with Gasteiger partial charge in [0.1, 0.15) is 0 Å². The van der Waals surface area contributed by atoms with E-state index < -0.39 is 11.6 Å². The maximum Gasteiger partial charge on any atom is 0.303 e. The lowest BCUT2D eigenvalue weighted by Crippen LogP contribution is -2.40. The van der Waals surface area contributed by atoms with Crippen LogP contribution < -0.4 is 0 Å². The molecule has 0 spiro atoms. The van der Waals surface area contributed by atoms with Crippen molar-refractivity contribution in [1.29, 1.82) is 0 Å². The van der Waals surface area contributed by atoms with Gasteiger partial charge in [-0.15, -0.1) is 0 Å². The first-order chi connectivity index (χ1) is 13.0. The van der Waals surface area contributed by atoms with Gasteiger partial charge in [-0.25, -0.2) is 0 Å². The lowest BCUT2D eigenvalue weighted by molar-refractivity contribution is -0.157. The summed E-state index contributed by atoms with van der Waals surface area (Å²) >= 11 is 0. The number of carbonyl (C=O) groups is 3. The van der Waals surface area contributed by atoms with E-state index in [1.807, 2.05) is 12.2 Å². The number of unbranched alkanes of at least 4 members (excludes halogenated alkanes) is 9. The lowest BCUT2D eigenvalue weighted by Gasteiger charge is -2.27. The van der Waals surface area contributed by atoms with Crippen LogP contribution in [0.1, 0.15) is 84.5 Å². The summed E-state index contributed by atoms with van der Waals surface area (Å²) in [7, 11) is 0. The van der Waals surface area contributed by atoms with Crippen LogP contribution >= 0.6 is 0 Å². The van der Waals surface area contributed by atoms with E-state index >= 15 is 0 Å². The quantitative estimate of drug-likeness (QED) is 0.232. The molecule has 5 nitrogen and oxygen atoms in total. The van der Waals surface area contributed by atoms with E-state index in [0.717, 1.165) is 37.7 Å². The van der Waals surface area contributed by atoms with Gasteiger partial charge in [-0.2, -0.15) is 0 Å². The highest BCUT2D eigenvalue weighted by Gasteiger charge is 2.37. The molecular formula is C22H34O5. The van der Waals surface area contributed by atoms with Crippen molar-refractivity contribution in [1.82, 2.24) is 0 Å². The summed E-state index contributed by atoms with van der Waals surface area (Å²) in [6.07, 6.45) is 17.6. The molecule has 1 aliphatic rings. The van der Waals surface area contributed by atoms with E-state index in [0.29, 0.717) is 13.1 Å². The number of carbonyl (C=O) groups excluding carboxylic acids is 3. The van der Waals surface area contributed by atoms with Crippen LogP contribution in [-0.4, -0.2) is 30.4 Å². The molecule has 152 valence electrons. The second-order valence-corrected chi connectivity index (χ2v) is 7.33. The number of allylic oxidation sites excluding steroid dienone is 2. The van der Waals surface area contributed by atoms with Crippen molar-refractivity contribution in [2.45, 2.75) is 90.1 Å². The third-order valence-corrected chi connectivity index (χ3v) is 4.84. The van der Waals surface area contributed by atoms with Crippen LogP contribution in [0.15, 0.2) is 23.8 Å². The van der Waals surface area contributed by atoms with Crippen molar-refractivity contribution in [3.05, 3.63) is 23.8 Å². The van der Waals surface area contributed by atoms with Gasteiger partial charge in [-0.05, 0) is 37.8 Å². The van der Waals surface area contributed by atoms with Crippen LogP contribution in [0.4, 0.5) is 0 Å². The predicted octanol–water partition coefficient (Wildman–Crippen LogP) is 4.84. The summed E-state index contributed by atoms with van der Waals surface area (Å²) in [5.74, 6) is -0.537. The van der Waals surface area contributed by atoms with Gasteiger partial charge in [0.2, 0.25) is 5.78 Å². The summed E-state index contributed by atoms with van der Waals surface area (Å²) in [5.41, 5.74) is -0.394. The summed E-state index contributed by atoms with van der Waals surface area (Å²) < 4.78 is 9.87. The SMILES string of the molecule is CC(=O)OC1(C)C=CC=C(CCCCCCCCCCCCOC=O)C1=O. The van der Waals surface area contributed by atoms with Crippen molar-refractivity contribution < 1.29 is 23.9 Å². The van der Waals surface area contributed by atoms with Crippen molar-refractivity contribution in [3.63, 3.8) is 0 Å². The molecule has 0 N–H and O–H groups in total. The Morgan fingerprint density at radius 3 is 2.11 bits per heavy atom. The first kappa shape index (κ1) is 23.1. The molecule has 1 atom stereocenters. The van der Waals surface area contributed by atoms with E-state index in [1.54, 1.807) is 13.0 Å². The summed E-state index contributed by atoms with van der Waals surface area (Å²) in [6, 6.07) is 0. The standard InChI is InChI=1S/C22H34O5/c1-19(24)27-22(2)16-13-15-20(21(22)25)14-11-9-7-5-3-4-6-8-10-12-17-26-18-23/h13,15-16,18H,3-12,14,17H2,1-2H3. The molecule has 0 aliphatic heterocycles. The van der Waals surface area contributed by atoms with Crippen LogP contribution in [0.3, 0.4) is 0 Å². The summed E-state index contributed by atoms with van der Waals surface area (Å²) in [6.45, 7) is 4.02. The molecule has 5 heteroatoms. The van der Waals surface area contributed by atoms with E-state index in [2.05, 4.69) is 4.74 Å². The molecule has 0 saturated heterocycles. The van der Waals surface area contributed by atoms with Gasteiger partial charge in [0.25, 0.3) is 6.47 Å². The van der Waals surface area contributed by atoms with Gasteiger partial charge in [-0.1, -0.05) is 63.5 Å². The van der Waals surface area contributed by atoms with Crippen molar-refractivity contribution in [3.8, 4) is 0 Å². The Balaban J connectivity index is 2.04. The Morgan fingerprint density at radius 1 is 1.00 bits per heavy atom. The number of rotatable bonds is 15. The molecule has 1 rings (SSSR count). The largest absolute Gasteiger partial charge is 0.468 e. The maximum absolute atomic E-state index is 12.5. The van der Waals surface area contributed by atoms with Gasteiger partial charge in [0, 0.05) is 6.92 Å². The normalized spacial score (nSPS) is 18.9. The van der Waals surface area contributed by atoms with Crippen molar-refractivity contribution in [2.75, 3.05) is 6.61 Å². The molecule has 0 heterocycles. The maximum atomic E-state index is 12.5. The van der Waals surface area contributed by atoms with E-state index in [1.165, 1.54) is 45.4 Å². The van der Waals surface area contributed by atoms with Gasteiger partial charge in [0.05, 0.1) is 6.61 Å². The van der Waals surface area contributed by atoms with Gasteiger partial charge in [0.15, 0.2) is 5.60 Å². The zero-order valence-electron chi connectivity index (χ0n) is 16.8. The Labute approximate surface area is 163 Å². The zero-order valence-corrected chi connectivity index (χ0v) is 16.8. The molecule has 0 bridgehead atoms. The molecule has 0 radical (unpaired) electrons. The average molecular weight is 379 g/mol. The zero-order chi connectivity index (χ0) is 20.0. The third-order valence-electron chi connectivity index (χ3n) is 4.84. The fourth-order valence-corrected chi connectivity index (χ4v) is 3.36. The monoisotopic (exact) mass is 378 g/mol. The smallest absolute Gasteiger partial charge is 0.303 e. The highest BCUT2D eigenvalue weighted by molar-refractivity contribution is 6.05. The molecule has 27 heavy (non-hydrogen) atoms. The number of ketones is 1. The predicted molar refractivity (Wildman–Crippen MR) is 105 cm³/mol. The summed E-state index contributed by atoms with van der Waals surface area (Å²) in [4.78, 5) is 33.7. The molecule has 1 aliphatic carbocycles. The highest BCUT2D eigenvalue weighted by Crippen LogP contribution is 2.26. The van der Waals surface area contributed by atoms with Crippen molar-refractivity contribution >= 4 is 18.2 Å². The van der Waals surface area contributed by atoms with Crippen LogP contribution in [0, 0.1) is 0 Å². The van der Waals surface area contributed by atoms with Gasteiger partial charge >= 0.3 is 5.97 Å². The van der Waals surface area contributed by atoms with E-state index in [4.69, 9.17) is 4.74 Å². The molecule has 0 aromatic rings. The van der Waals surface area contributed by atoms with Gasteiger partial charge in [-0.3, -0.25) is 14.4 Å². The Bertz CT molecular complexity index is 535. The minimum Gasteiger partial charge on any atom is -0.468 e. The Hall–Kier alpha value is -1.91. The van der Waals surface area contributed by atoms with Gasteiger partial charge < -0.3 is 9.47 Å². The molecule has 0 fully saturated rings. The van der Waals surface area contributed by atoms with Crippen LogP contribution in [0.2, 0.25) is 0 Å². The molecule has 0 amide bonds. The molecular weight excluding hydrogens is 344 g/mol. The fourth-order valence-electron chi connectivity index (χ4n) is 3.36. The van der Waals surface area contributed by atoms with Crippen LogP contribution in [-0.2, 0) is 23.9 Å². The number of ether oxygens (including phenoxy) is 2. The highest BCUT2D eigenvalue weighted by atomic mass is 16.6. The number of hydrogen-bond acceptors (Lipinski definition) is 5. The van der Waals surface area contributed by atoms with E-state index in [9.17, 15) is 14.4 Å².